The first-order valence-electron chi connectivity index (χ1n) is 6.61. The van der Waals surface area contributed by atoms with Gasteiger partial charge in [0, 0.05) is 19.5 Å². The van der Waals surface area contributed by atoms with Crippen LogP contribution in [0.25, 0.3) is 10.9 Å². The predicted octanol–water partition coefficient (Wildman–Crippen LogP) is 2.40. The van der Waals surface area contributed by atoms with Crippen LogP contribution in [0.3, 0.4) is 0 Å². The molecule has 2 aromatic heterocycles. The highest BCUT2D eigenvalue weighted by Gasteiger charge is 2.10. The molecule has 0 fully saturated rings. The van der Waals surface area contributed by atoms with Gasteiger partial charge in [0.05, 0.1) is 11.3 Å². The Morgan fingerprint density at radius 1 is 1.19 bits per heavy atom. The summed E-state index contributed by atoms with van der Waals surface area (Å²) in [5.74, 6) is 3.36. The van der Waals surface area contributed by atoms with E-state index in [1.807, 2.05) is 49.9 Å². The van der Waals surface area contributed by atoms with Gasteiger partial charge in [0.2, 0.25) is 0 Å². The van der Waals surface area contributed by atoms with Crippen molar-refractivity contribution in [2.75, 3.05) is 12.4 Å². The molecule has 0 unspecified atom stereocenters. The first-order chi connectivity index (χ1) is 10.2. The van der Waals surface area contributed by atoms with Gasteiger partial charge in [-0.2, -0.15) is 0 Å². The molecule has 0 spiro atoms. The number of hydrogen-bond acceptors (Lipinski definition) is 6. The van der Waals surface area contributed by atoms with Gasteiger partial charge in [-0.05, 0) is 19.1 Å². The van der Waals surface area contributed by atoms with Crippen LogP contribution in [0.5, 0.6) is 0 Å². The third-order valence-electron chi connectivity index (χ3n) is 3.33. The maximum absolute atomic E-state index is 4.59. The number of thioether (sulfide) groups is 1. The van der Waals surface area contributed by atoms with Gasteiger partial charge in [0.1, 0.15) is 17.5 Å². The fourth-order valence-corrected chi connectivity index (χ4v) is 2.84. The monoisotopic (exact) mass is 300 g/mol. The van der Waals surface area contributed by atoms with Crippen LogP contribution in [0.2, 0.25) is 0 Å². The lowest BCUT2D eigenvalue weighted by molar-refractivity contribution is 0.815. The molecule has 7 heteroatoms. The van der Waals surface area contributed by atoms with Crippen molar-refractivity contribution in [2.24, 2.45) is 7.05 Å². The van der Waals surface area contributed by atoms with Crippen molar-refractivity contribution in [2.45, 2.75) is 17.8 Å². The summed E-state index contributed by atoms with van der Waals surface area (Å²) < 4.78 is 1.98. The van der Waals surface area contributed by atoms with Gasteiger partial charge in [-0.15, -0.1) is 10.2 Å². The van der Waals surface area contributed by atoms with Crippen LogP contribution in [-0.2, 0) is 12.8 Å². The minimum Gasteiger partial charge on any atom is -0.372 e. The number of anilines is 1. The fourth-order valence-electron chi connectivity index (χ4n) is 2.02. The topological polar surface area (TPSA) is 68.5 Å². The highest BCUT2D eigenvalue weighted by atomic mass is 32.2. The summed E-state index contributed by atoms with van der Waals surface area (Å²) in [6.45, 7) is 1.94. The Hall–Kier alpha value is -2.15. The molecule has 0 aliphatic carbocycles. The van der Waals surface area contributed by atoms with E-state index in [9.17, 15) is 0 Å². The first kappa shape index (κ1) is 13.8. The zero-order valence-corrected chi connectivity index (χ0v) is 13.0. The van der Waals surface area contributed by atoms with E-state index >= 15 is 0 Å². The predicted molar refractivity (Wildman–Crippen MR) is 84.4 cm³/mol. The normalized spacial score (nSPS) is 11.0. The second kappa shape index (κ2) is 5.69. The summed E-state index contributed by atoms with van der Waals surface area (Å²) in [5.41, 5.74) is 0.938. The maximum atomic E-state index is 4.59. The van der Waals surface area contributed by atoms with Gasteiger partial charge >= 0.3 is 0 Å². The molecule has 0 saturated heterocycles. The van der Waals surface area contributed by atoms with Crippen molar-refractivity contribution >= 4 is 28.5 Å². The molecular formula is C14H16N6S. The standard InChI is InChI=1S/C14H16N6S/c1-9-18-19-12(20(9)3)8-21-14-16-11-7-5-4-6-10(11)13(15-2)17-14/h4-7H,8H2,1-3H3,(H,15,16,17). The molecule has 21 heavy (non-hydrogen) atoms. The number of hydrogen-bond donors (Lipinski definition) is 1. The van der Waals surface area contributed by atoms with Crippen molar-refractivity contribution in [1.82, 2.24) is 24.7 Å². The number of para-hydroxylation sites is 1. The molecule has 0 aliphatic heterocycles. The number of rotatable bonds is 4. The molecule has 0 atom stereocenters. The zero-order chi connectivity index (χ0) is 14.8. The quantitative estimate of drug-likeness (QED) is 0.589. The van der Waals surface area contributed by atoms with E-state index < -0.39 is 0 Å². The largest absolute Gasteiger partial charge is 0.372 e. The van der Waals surface area contributed by atoms with E-state index in [1.165, 1.54) is 0 Å². The smallest absolute Gasteiger partial charge is 0.190 e. The molecule has 6 nitrogen and oxygen atoms in total. The zero-order valence-electron chi connectivity index (χ0n) is 12.2. The van der Waals surface area contributed by atoms with E-state index in [2.05, 4.69) is 25.5 Å². The number of fused-ring (bicyclic) bond motifs is 1. The summed E-state index contributed by atoms with van der Waals surface area (Å²) >= 11 is 1.56. The second-order valence-corrected chi connectivity index (χ2v) is 5.58. The van der Waals surface area contributed by atoms with Crippen molar-refractivity contribution in [3.63, 3.8) is 0 Å². The van der Waals surface area contributed by atoms with Crippen LogP contribution >= 0.6 is 11.8 Å². The minimum absolute atomic E-state index is 0.693. The number of nitrogens with one attached hydrogen (secondary N) is 1. The first-order valence-corrected chi connectivity index (χ1v) is 7.60. The lowest BCUT2D eigenvalue weighted by atomic mass is 10.2. The van der Waals surface area contributed by atoms with Gasteiger partial charge in [0.15, 0.2) is 5.16 Å². The molecule has 0 bridgehead atoms. The Morgan fingerprint density at radius 3 is 2.71 bits per heavy atom. The van der Waals surface area contributed by atoms with Crippen LogP contribution in [0.1, 0.15) is 11.6 Å². The maximum Gasteiger partial charge on any atom is 0.190 e. The van der Waals surface area contributed by atoms with Gasteiger partial charge < -0.3 is 9.88 Å². The van der Waals surface area contributed by atoms with E-state index in [0.29, 0.717) is 5.75 Å². The van der Waals surface area contributed by atoms with Gasteiger partial charge in [-0.25, -0.2) is 9.97 Å². The molecule has 0 aliphatic rings. The molecule has 108 valence electrons. The summed E-state index contributed by atoms with van der Waals surface area (Å²) in [4.78, 5) is 9.14. The Balaban J connectivity index is 1.89. The van der Waals surface area contributed by atoms with Crippen molar-refractivity contribution in [3.05, 3.63) is 35.9 Å². The number of nitrogens with zero attached hydrogens (tertiary/aromatic N) is 5. The molecule has 2 heterocycles. The van der Waals surface area contributed by atoms with E-state index in [4.69, 9.17) is 0 Å². The minimum atomic E-state index is 0.693. The number of aryl methyl sites for hydroxylation is 1. The molecule has 0 radical (unpaired) electrons. The summed E-state index contributed by atoms with van der Waals surface area (Å²) in [6.07, 6.45) is 0. The average molecular weight is 300 g/mol. The molecule has 3 rings (SSSR count). The van der Waals surface area contributed by atoms with Crippen LogP contribution < -0.4 is 5.32 Å². The van der Waals surface area contributed by atoms with Crippen molar-refractivity contribution in [1.29, 1.82) is 0 Å². The molecule has 1 N–H and O–H groups in total. The van der Waals surface area contributed by atoms with E-state index in [0.717, 1.165) is 33.5 Å². The van der Waals surface area contributed by atoms with Gasteiger partial charge in [0.25, 0.3) is 0 Å². The highest BCUT2D eigenvalue weighted by molar-refractivity contribution is 7.98. The Labute approximate surface area is 127 Å². The fraction of sp³-hybridized carbons (Fsp3) is 0.286. The average Bonchev–Trinajstić information content (AvgIpc) is 2.83. The number of aromatic nitrogens is 5. The molecular weight excluding hydrogens is 284 g/mol. The van der Waals surface area contributed by atoms with Crippen molar-refractivity contribution in [3.8, 4) is 0 Å². The molecule has 3 aromatic rings. The third kappa shape index (κ3) is 2.69. The lowest BCUT2D eigenvalue weighted by Crippen LogP contribution is -2.00. The number of benzene rings is 1. The van der Waals surface area contributed by atoms with Crippen LogP contribution in [0, 0.1) is 6.92 Å². The third-order valence-corrected chi connectivity index (χ3v) is 4.18. The second-order valence-electron chi connectivity index (χ2n) is 4.63. The van der Waals surface area contributed by atoms with E-state index in [1.54, 1.807) is 11.8 Å². The van der Waals surface area contributed by atoms with Crippen molar-refractivity contribution < 1.29 is 0 Å². The van der Waals surface area contributed by atoms with E-state index in [-0.39, 0.29) is 0 Å². The summed E-state index contributed by atoms with van der Waals surface area (Å²) in [5, 5.41) is 13.1. The molecule has 1 aromatic carbocycles. The van der Waals surface area contributed by atoms with Gasteiger partial charge in [-0.3, -0.25) is 0 Å². The summed E-state index contributed by atoms with van der Waals surface area (Å²) in [6, 6.07) is 7.98. The summed E-state index contributed by atoms with van der Waals surface area (Å²) in [7, 11) is 3.83. The molecule has 0 saturated carbocycles. The van der Waals surface area contributed by atoms with Crippen LogP contribution in [-0.4, -0.2) is 31.8 Å². The Kier molecular flexibility index (Phi) is 3.74. The van der Waals surface area contributed by atoms with Gasteiger partial charge in [-0.1, -0.05) is 23.9 Å². The highest BCUT2D eigenvalue weighted by Crippen LogP contribution is 2.25. The SMILES string of the molecule is CNc1nc(SCc2nnc(C)n2C)nc2ccccc12. The Morgan fingerprint density at radius 2 is 2.00 bits per heavy atom. The van der Waals surface area contributed by atoms with Crippen LogP contribution in [0.15, 0.2) is 29.4 Å². The van der Waals surface area contributed by atoms with Crippen LogP contribution in [0.4, 0.5) is 5.82 Å². The Bertz CT molecular complexity index is 782. The lowest BCUT2D eigenvalue weighted by Gasteiger charge is -2.07. The molecule has 0 amide bonds.